The maximum Gasteiger partial charge on any atom is 0.270 e. The molecule has 0 unspecified atom stereocenters. The van der Waals surface area contributed by atoms with Crippen molar-refractivity contribution in [2.45, 2.75) is 0 Å². The van der Waals surface area contributed by atoms with Crippen molar-refractivity contribution < 1.29 is 4.74 Å². The second-order valence-electron chi connectivity index (χ2n) is 3.67. The van der Waals surface area contributed by atoms with E-state index >= 15 is 0 Å². The highest BCUT2D eigenvalue weighted by atomic mass is 79.9. The lowest BCUT2D eigenvalue weighted by Gasteiger charge is -2.11. The molecular formula is C12H8BrClN2O2. The Morgan fingerprint density at radius 3 is 2.72 bits per heavy atom. The summed E-state index contributed by atoms with van der Waals surface area (Å²) in [7, 11) is 3.13. The standard InChI is InChI=1S/C12H8BrClN2O2/c1-16-9-4-10(18-2)8(13)3-6(9)11(14)7(5-15)12(16)17/h3-4H,1-2H3. The van der Waals surface area contributed by atoms with E-state index in [1.807, 2.05) is 6.07 Å². The zero-order valence-corrected chi connectivity index (χ0v) is 12.0. The zero-order chi connectivity index (χ0) is 13.4. The van der Waals surface area contributed by atoms with Gasteiger partial charge in [0.2, 0.25) is 0 Å². The summed E-state index contributed by atoms with van der Waals surface area (Å²) in [5, 5.41) is 9.76. The van der Waals surface area contributed by atoms with Crippen molar-refractivity contribution in [2.24, 2.45) is 7.05 Å². The Morgan fingerprint density at radius 2 is 2.17 bits per heavy atom. The summed E-state index contributed by atoms with van der Waals surface area (Å²) in [5.74, 6) is 0.596. The van der Waals surface area contributed by atoms with Crippen molar-refractivity contribution in [1.29, 1.82) is 5.26 Å². The summed E-state index contributed by atoms with van der Waals surface area (Å²) in [6.45, 7) is 0. The van der Waals surface area contributed by atoms with Crippen LogP contribution in [-0.4, -0.2) is 11.7 Å². The number of methoxy groups -OCH3 is 1. The Labute approximate surface area is 116 Å². The van der Waals surface area contributed by atoms with E-state index in [9.17, 15) is 4.79 Å². The average Bonchev–Trinajstić information content (AvgIpc) is 2.36. The first-order valence-corrected chi connectivity index (χ1v) is 6.14. The number of aromatic nitrogens is 1. The molecule has 0 atom stereocenters. The van der Waals surface area contributed by atoms with Crippen LogP contribution >= 0.6 is 27.5 Å². The number of halogens is 2. The van der Waals surface area contributed by atoms with Crippen LogP contribution in [0.2, 0.25) is 5.02 Å². The molecule has 1 aromatic heterocycles. The first kappa shape index (κ1) is 12.9. The Balaban J connectivity index is 3.04. The molecule has 2 rings (SSSR count). The first-order chi connectivity index (χ1) is 8.51. The fourth-order valence-corrected chi connectivity index (χ4v) is 2.53. The Morgan fingerprint density at radius 1 is 1.50 bits per heavy atom. The smallest absolute Gasteiger partial charge is 0.270 e. The number of hydrogen-bond acceptors (Lipinski definition) is 3. The molecule has 1 aromatic carbocycles. The molecule has 0 aliphatic rings. The Hall–Kier alpha value is -1.51. The molecule has 18 heavy (non-hydrogen) atoms. The van der Waals surface area contributed by atoms with Gasteiger partial charge in [0.05, 0.1) is 22.1 Å². The number of nitriles is 1. The monoisotopic (exact) mass is 326 g/mol. The highest BCUT2D eigenvalue weighted by Crippen LogP contribution is 2.33. The molecule has 0 spiro atoms. The Kier molecular flexibility index (Phi) is 3.33. The lowest BCUT2D eigenvalue weighted by atomic mass is 10.1. The summed E-state index contributed by atoms with van der Waals surface area (Å²) in [4.78, 5) is 11.9. The van der Waals surface area contributed by atoms with E-state index in [4.69, 9.17) is 21.6 Å². The number of pyridine rings is 1. The van der Waals surface area contributed by atoms with Crippen LogP contribution in [0.1, 0.15) is 5.56 Å². The number of rotatable bonds is 1. The molecule has 0 bridgehead atoms. The predicted molar refractivity (Wildman–Crippen MR) is 73.2 cm³/mol. The second kappa shape index (κ2) is 4.63. The summed E-state index contributed by atoms with van der Waals surface area (Å²) in [5.41, 5.74) is 0.146. The van der Waals surface area contributed by atoms with E-state index in [-0.39, 0.29) is 10.6 Å². The van der Waals surface area contributed by atoms with Crippen LogP contribution in [0.4, 0.5) is 0 Å². The van der Waals surface area contributed by atoms with Crippen molar-refractivity contribution in [3.8, 4) is 11.8 Å². The molecule has 92 valence electrons. The number of benzene rings is 1. The molecule has 0 saturated carbocycles. The van der Waals surface area contributed by atoms with Crippen LogP contribution < -0.4 is 10.3 Å². The fraction of sp³-hybridized carbons (Fsp3) is 0.167. The van der Waals surface area contributed by atoms with Crippen LogP contribution in [0.25, 0.3) is 10.9 Å². The molecule has 1 heterocycles. The van der Waals surface area contributed by atoms with E-state index in [0.717, 1.165) is 0 Å². The number of fused-ring (bicyclic) bond motifs is 1. The lowest BCUT2D eigenvalue weighted by Crippen LogP contribution is -2.20. The van der Waals surface area contributed by atoms with Gasteiger partial charge in [-0.2, -0.15) is 5.26 Å². The number of aryl methyl sites for hydroxylation is 1. The van der Waals surface area contributed by atoms with Crippen molar-refractivity contribution in [3.63, 3.8) is 0 Å². The number of hydrogen-bond donors (Lipinski definition) is 0. The minimum Gasteiger partial charge on any atom is -0.495 e. The maximum atomic E-state index is 11.9. The molecular weight excluding hydrogens is 320 g/mol. The van der Waals surface area contributed by atoms with E-state index in [1.165, 1.54) is 11.7 Å². The SMILES string of the molecule is COc1cc2c(cc1Br)c(Cl)c(C#N)c(=O)n2C. The summed E-state index contributed by atoms with van der Waals surface area (Å²) in [6.07, 6.45) is 0. The topological polar surface area (TPSA) is 55.0 Å². The van der Waals surface area contributed by atoms with Gasteiger partial charge in [0, 0.05) is 18.5 Å². The molecule has 4 nitrogen and oxygen atoms in total. The van der Waals surface area contributed by atoms with Gasteiger partial charge in [-0.3, -0.25) is 4.79 Å². The predicted octanol–water partition coefficient (Wildman–Crippen LogP) is 2.83. The van der Waals surface area contributed by atoms with E-state index in [1.54, 1.807) is 19.2 Å². The summed E-state index contributed by atoms with van der Waals surface area (Å²) < 4.78 is 7.27. The molecule has 0 N–H and O–H groups in total. The van der Waals surface area contributed by atoms with E-state index in [0.29, 0.717) is 21.1 Å². The van der Waals surface area contributed by atoms with Crippen LogP contribution in [0.3, 0.4) is 0 Å². The van der Waals surface area contributed by atoms with Gasteiger partial charge in [0.15, 0.2) is 0 Å². The van der Waals surface area contributed by atoms with Gasteiger partial charge < -0.3 is 9.30 Å². The van der Waals surface area contributed by atoms with Gasteiger partial charge in [0.1, 0.15) is 17.4 Å². The van der Waals surface area contributed by atoms with Gasteiger partial charge in [-0.25, -0.2) is 0 Å². The van der Waals surface area contributed by atoms with Gasteiger partial charge >= 0.3 is 0 Å². The minimum atomic E-state index is -0.417. The highest BCUT2D eigenvalue weighted by Gasteiger charge is 2.15. The minimum absolute atomic E-state index is 0.0521. The normalized spacial score (nSPS) is 10.4. The highest BCUT2D eigenvalue weighted by molar-refractivity contribution is 9.10. The largest absolute Gasteiger partial charge is 0.495 e. The van der Waals surface area contributed by atoms with Gasteiger partial charge in [0.25, 0.3) is 5.56 Å². The van der Waals surface area contributed by atoms with Crippen LogP contribution in [0.5, 0.6) is 5.75 Å². The number of nitrogens with zero attached hydrogens (tertiary/aromatic N) is 2. The average molecular weight is 328 g/mol. The molecule has 0 aliphatic heterocycles. The molecule has 0 amide bonds. The van der Waals surface area contributed by atoms with Gasteiger partial charge in [-0.05, 0) is 22.0 Å². The molecule has 0 fully saturated rings. The van der Waals surface area contributed by atoms with Crippen molar-refractivity contribution >= 4 is 38.4 Å². The second-order valence-corrected chi connectivity index (χ2v) is 4.90. The quantitative estimate of drug-likeness (QED) is 0.809. The Bertz CT molecular complexity index is 747. The van der Waals surface area contributed by atoms with Crippen LogP contribution in [0.15, 0.2) is 21.4 Å². The van der Waals surface area contributed by atoms with Crippen molar-refractivity contribution in [2.75, 3.05) is 7.11 Å². The van der Waals surface area contributed by atoms with Gasteiger partial charge in [-0.15, -0.1) is 0 Å². The van der Waals surface area contributed by atoms with Crippen molar-refractivity contribution in [1.82, 2.24) is 4.57 Å². The molecule has 6 heteroatoms. The van der Waals surface area contributed by atoms with Crippen LogP contribution in [0, 0.1) is 11.3 Å². The summed E-state index contributed by atoms with van der Waals surface area (Å²) >= 11 is 9.44. The van der Waals surface area contributed by atoms with E-state index in [2.05, 4.69) is 15.9 Å². The molecule has 2 aromatic rings. The first-order valence-electron chi connectivity index (χ1n) is 4.97. The fourth-order valence-electron chi connectivity index (χ4n) is 1.75. The molecule has 0 aliphatic carbocycles. The third-order valence-corrected chi connectivity index (χ3v) is 3.73. The third-order valence-electron chi connectivity index (χ3n) is 2.72. The van der Waals surface area contributed by atoms with Crippen molar-refractivity contribution in [3.05, 3.63) is 37.5 Å². The lowest BCUT2D eigenvalue weighted by molar-refractivity contribution is 0.412. The maximum absolute atomic E-state index is 11.9. The van der Waals surface area contributed by atoms with Gasteiger partial charge in [-0.1, -0.05) is 11.6 Å². The van der Waals surface area contributed by atoms with Crippen LogP contribution in [-0.2, 0) is 7.05 Å². The molecule has 0 radical (unpaired) electrons. The zero-order valence-electron chi connectivity index (χ0n) is 9.62. The molecule has 0 saturated heterocycles. The third kappa shape index (κ3) is 1.78. The summed E-state index contributed by atoms with van der Waals surface area (Å²) in [6, 6.07) is 5.27. The number of ether oxygens (including phenoxy) is 1. The van der Waals surface area contributed by atoms with E-state index < -0.39 is 5.56 Å².